The molecule has 0 aromatic heterocycles. The van der Waals surface area contributed by atoms with Gasteiger partial charge >= 0.3 is 0 Å². The number of rotatable bonds is 6. The molecular weight excluding hydrogens is 288 g/mol. The first kappa shape index (κ1) is 17.4. The molecule has 0 fully saturated rings. The molecule has 1 unspecified atom stereocenters. The van der Waals surface area contributed by atoms with Crippen molar-refractivity contribution in [2.45, 2.75) is 45.8 Å². The van der Waals surface area contributed by atoms with E-state index in [4.69, 9.17) is 9.78 Å². The first-order valence-corrected chi connectivity index (χ1v) is 7.84. The van der Waals surface area contributed by atoms with Crippen molar-refractivity contribution in [3.8, 4) is 0 Å². The third-order valence-corrected chi connectivity index (χ3v) is 3.33. The van der Waals surface area contributed by atoms with E-state index in [1.54, 1.807) is 0 Å². The van der Waals surface area contributed by atoms with Gasteiger partial charge in [0.05, 0.1) is 5.60 Å². The first-order chi connectivity index (χ1) is 10.8. The van der Waals surface area contributed by atoms with Crippen LogP contribution in [-0.4, -0.2) is 11.4 Å². The molecule has 1 atom stereocenters. The molecule has 0 aliphatic carbocycles. The molecule has 3 nitrogen and oxygen atoms in total. The molecule has 2 rings (SSSR count). The van der Waals surface area contributed by atoms with Gasteiger partial charge < -0.3 is 0 Å². The smallest absolute Gasteiger partial charge is 0.165 e. The van der Waals surface area contributed by atoms with Crippen LogP contribution in [0.15, 0.2) is 54.6 Å². The van der Waals surface area contributed by atoms with Gasteiger partial charge in [-0.1, -0.05) is 60.2 Å². The van der Waals surface area contributed by atoms with Crippen LogP contribution in [0.3, 0.4) is 0 Å². The van der Waals surface area contributed by atoms with Crippen molar-refractivity contribution in [1.82, 2.24) is 0 Å². The number of hydrogen-bond donors (Lipinski definition) is 0. The number of hydrogen-bond acceptors (Lipinski definition) is 3. The Labute approximate surface area is 138 Å². The number of aryl methyl sites for hydroxylation is 1. The largest absolute Gasteiger partial charge is 0.294 e. The molecule has 0 saturated heterocycles. The maximum Gasteiger partial charge on any atom is 0.165 e. The lowest BCUT2D eigenvalue weighted by Gasteiger charge is -2.23. The Morgan fingerprint density at radius 3 is 2.17 bits per heavy atom. The van der Waals surface area contributed by atoms with E-state index in [0.29, 0.717) is 5.56 Å². The van der Waals surface area contributed by atoms with Gasteiger partial charge in [-0.05, 0) is 33.3 Å². The fraction of sp³-hybridized carbons (Fsp3) is 0.350. The van der Waals surface area contributed by atoms with Crippen LogP contribution in [0.4, 0.5) is 0 Å². The summed E-state index contributed by atoms with van der Waals surface area (Å²) in [4.78, 5) is 23.6. The van der Waals surface area contributed by atoms with Crippen LogP contribution in [0, 0.1) is 6.92 Å². The Bertz CT molecular complexity index is 624. The summed E-state index contributed by atoms with van der Waals surface area (Å²) in [7, 11) is 0. The molecule has 0 aliphatic heterocycles. The second-order valence-corrected chi connectivity index (χ2v) is 6.68. The second-order valence-electron chi connectivity index (χ2n) is 6.68. The molecule has 0 bridgehead atoms. The average Bonchev–Trinajstić information content (AvgIpc) is 2.52. The van der Waals surface area contributed by atoms with Crippen LogP contribution in [0.5, 0.6) is 0 Å². The molecule has 122 valence electrons. The molecule has 0 N–H and O–H groups in total. The van der Waals surface area contributed by atoms with Crippen molar-refractivity contribution >= 4 is 5.78 Å². The van der Waals surface area contributed by atoms with Gasteiger partial charge in [-0.15, -0.1) is 0 Å². The minimum atomic E-state index is -0.431. The molecule has 0 radical (unpaired) electrons. The minimum Gasteiger partial charge on any atom is -0.294 e. The molecule has 0 heterocycles. The maximum atomic E-state index is 12.5. The quantitative estimate of drug-likeness (QED) is 0.425. The summed E-state index contributed by atoms with van der Waals surface area (Å²) in [6, 6.07) is 17.3. The second kappa shape index (κ2) is 7.53. The van der Waals surface area contributed by atoms with Crippen molar-refractivity contribution in [2.24, 2.45) is 0 Å². The van der Waals surface area contributed by atoms with Crippen LogP contribution >= 0.6 is 0 Å². The predicted octanol–water partition coefficient (Wildman–Crippen LogP) is 5.06. The van der Waals surface area contributed by atoms with E-state index in [9.17, 15) is 4.79 Å². The van der Waals surface area contributed by atoms with E-state index < -0.39 is 11.7 Å². The Morgan fingerprint density at radius 2 is 1.61 bits per heavy atom. The lowest BCUT2D eigenvalue weighted by Crippen LogP contribution is -2.22. The SMILES string of the molecule is Cc1ccc(C(=O)CC(OOC(C)(C)C)c2ccccc2)cc1. The summed E-state index contributed by atoms with van der Waals surface area (Å²) < 4.78 is 0. The van der Waals surface area contributed by atoms with Crippen molar-refractivity contribution < 1.29 is 14.6 Å². The van der Waals surface area contributed by atoms with Gasteiger partial charge in [-0.25, -0.2) is 9.78 Å². The Kier molecular flexibility index (Phi) is 5.69. The van der Waals surface area contributed by atoms with Crippen molar-refractivity contribution in [2.75, 3.05) is 0 Å². The standard InChI is InChI=1S/C20H24O3/c1-15-10-12-16(13-11-15)18(21)14-19(22-23-20(2,3)4)17-8-6-5-7-9-17/h5-13,19H,14H2,1-4H3. The van der Waals surface area contributed by atoms with Gasteiger partial charge in [-0.3, -0.25) is 4.79 Å². The Morgan fingerprint density at radius 1 is 1.00 bits per heavy atom. The molecular formula is C20H24O3. The van der Waals surface area contributed by atoms with Gasteiger partial charge in [0.25, 0.3) is 0 Å². The Hall–Kier alpha value is -1.97. The van der Waals surface area contributed by atoms with Gasteiger partial charge in [0, 0.05) is 12.0 Å². The summed E-state index contributed by atoms with van der Waals surface area (Å²) in [5.74, 6) is 0.0383. The van der Waals surface area contributed by atoms with E-state index in [0.717, 1.165) is 11.1 Å². The van der Waals surface area contributed by atoms with Gasteiger partial charge in [-0.2, -0.15) is 0 Å². The summed E-state index contributed by atoms with van der Waals surface area (Å²) >= 11 is 0. The van der Waals surface area contributed by atoms with Crippen LogP contribution in [0.25, 0.3) is 0 Å². The number of carbonyl (C=O) groups is 1. The van der Waals surface area contributed by atoms with Crippen molar-refractivity contribution in [3.63, 3.8) is 0 Å². The van der Waals surface area contributed by atoms with Crippen molar-refractivity contribution in [3.05, 3.63) is 71.3 Å². The zero-order valence-electron chi connectivity index (χ0n) is 14.2. The highest BCUT2D eigenvalue weighted by Gasteiger charge is 2.22. The number of Topliss-reactive ketones (excluding diaryl/α,β-unsaturated/α-hetero) is 1. The molecule has 0 aliphatic rings. The molecule has 0 saturated carbocycles. The fourth-order valence-corrected chi connectivity index (χ4v) is 2.10. The van der Waals surface area contributed by atoms with E-state index in [1.807, 2.05) is 82.3 Å². The third-order valence-electron chi connectivity index (χ3n) is 3.33. The molecule has 0 spiro atoms. The van der Waals surface area contributed by atoms with Crippen molar-refractivity contribution in [1.29, 1.82) is 0 Å². The zero-order chi connectivity index (χ0) is 16.9. The number of benzene rings is 2. The van der Waals surface area contributed by atoms with E-state index >= 15 is 0 Å². The average molecular weight is 312 g/mol. The summed E-state index contributed by atoms with van der Waals surface area (Å²) in [6.45, 7) is 7.74. The van der Waals surface area contributed by atoms with Gasteiger partial charge in [0.2, 0.25) is 0 Å². The monoisotopic (exact) mass is 312 g/mol. The molecule has 0 amide bonds. The highest BCUT2D eigenvalue weighted by Crippen LogP contribution is 2.25. The third kappa shape index (κ3) is 5.62. The van der Waals surface area contributed by atoms with Crippen LogP contribution < -0.4 is 0 Å². The number of carbonyl (C=O) groups excluding carboxylic acids is 1. The van der Waals surface area contributed by atoms with Gasteiger partial charge in [0.1, 0.15) is 6.10 Å². The van der Waals surface area contributed by atoms with E-state index in [2.05, 4.69) is 0 Å². The predicted molar refractivity (Wildman–Crippen MR) is 91.2 cm³/mol. The molecule has 3 heteroatoms. The maximum absolute atomic E-state index is 12.5. The zero-order valence-corrected chi connectivity index (χ0v) is 14.2. The first-order valence-electron chi connectivity index (χ1n) is 7.84. The molecule has 2 aromatic carbocycles. The topological polar surface area (TPSA) is 35.5 Å². The summed E-state index contributed by atoms with van der Waals surface area (Å²) in [5.41, 5.74) is 2.32. The number of ketones is 1. The highest BCUT2D eigenvalue weighted by molar-refractivity contribution is 5.96. The normalized spacial score (nSPS) is 12.9. The van der Waals surface area contributed by atoms with E-state index in [-0.39, 0.29) is 12.2 Å². The fourth-order valence-electron chi connectivity index (χ4n) is 2.10. The van der Waals surface area contributed by atoms with Crippen LogP contribution in [0.2, 0.25) is 0 Å². The highest BCUT2D eigenvalue weighted by atomic mass is 17.2. The summed E-state index contributed by atoms with van der Waals surface area (Å²) in [5, 5.41) is 0. The van der Waals surface area contributed by atoms with E-state index in [1.165, 1.54) is 0 Å². The van der Waals surface area contributed by atoms with Crippen LogP contribution in [-0.2, 0) is 9.78 Å². The summed E-state index contributed by atoms with van der Waals surface area (Å²) in [6.07, 6.45) is -0.187. The molecule has 23 heavy (non-hydrogen) atoms. The molecule has 2 aromatic rings. The van der Waals surface area contributed by atoms with Crippen LogP contribution in [0.1, 0.15) is 54.8 Å². The lowest BCUT2D eigenvalue weighted by molar-refractivity contribution is -0.375. The van der Waals surface area contributed by atoms with Gasteiger partial charge in [0.15, 0.2) is 5.78 Å². The lowest BCUT2D eigenvalue weighted by atomic mass is 9.99. The Balaban J connectivity index is 2.13. The minimum absolute atomic E-state index is 0.0383.